The molecule has 1 aromatic rings. The van der Waals surface area contributed by atoms with Crippen LogP contribution in [0.4, 0.5) is 15.9 Å². The third-order valence-electron chi connectivity index (χ3n) is 2.25. The highest BCUT2D eigenvalue weighted by Crippen LogP contribution is 2.22. The molecule has 14 heavy (non-hydrogen) atoms. The smallest absolute Gasteiger partial charge is 0.188 e. The van der Waals surface area contributed by atoms with Crippen LogP contribution in [0, 0.1) is 5.82 Å². The van der Waals surface area contributed by atoms with Crippen molar-refractivity contribution in [1.82, 2.24) is 4.98 Å². The lowest BCUT2D eigenvalue weighted by Gasteiger charge is -2.29. The van der Waals surface area contributed by atoms with Gasteiger partial charge in [-0.1, -0.05) is 0 Å². The van der Waals surface area contributed by atoms with Crippen LogP contribution in [0.2, 0.25) is 0 Å². The van der Waals surface area contributed by atoms with E-state index >= 15 is 0 Å². The van der Waals surface area contributed by atoms with Crippen molar-refractivity contribution in [3.63, 3.8) is 0 Å². The van der Waals surface area contributed by atoms with Crippen LogP contribution < -0.4 is 10.6 Å². The molecule has 1 saturated heterocycles. The molecule has 0 spiro atoms. The van der Waals surface area contributed by atoms with E-state index in [1.54, 1.807) is 6.07 Å². The molecule has 1 aliphatic heterocycles. The number of anilines is 2. The van der Waals surface area contributed by atoms with Gasteiger partial charge in [-0.05, 0) is 6.07 Å². The lowest BCUT2D eigenvalue weighted by molar-refractivity contribution is 0.122. The van der Waals surface area contributed by atoms with Crippen LogP contribution in [0.5, 0.6) is 0 Å². The molecule has 0 amide bonds. The standard InChI is InChI=1S/C9H12FN3O/c10-8-7(1-2-12-9(8)11)13-3-5-14-6-4-13/h1-2H,3-6H2,(H2,11,12). The van der Waals surface area contributed by atoms with Gasteiger partial charge in [-0.3, -0.25) is 0 Å². The number of nitrogen functional groups attached to an aromatic ring is 1. The Balaban J connectivity index is 2.26. The maximum Gasteiger partial charge on any atom is 0.188 e. The van der Waals surface area contributed by atoms with Crippen LogP contribution in [0.1, 0.15) is 0 Å². The van der Waals surface area contributed by atoms with E-state index in [2.05, 4.69) is 4.98 Å². The SMILES string of the molecule is Nc1nccc(N2CCOCC2)c1F. The van der Waals surface area contributed by atoms with E-state index < -0.39 is 5.82 Å². The number of nitrogens with two attached hydrogens (primary N) is 1. The molecule has 2 N–H and O–H groups in total. The molecule has 1 aromatic heterocycles. The Morgan fingerprint density at radius 2 is 2.14 bits per heavy atom. The summed E-state index contributed by atoms with van der Waals surface area (Å²) in [6, 6.07) is 1.64. The van der Waals surface area contributed by atoms with Gasteiger partial charge in [-0.25, -0.2) is 9.37 Å². The molecule has 4 nitrogen and oxygen atoms in total. The molecular formula is C9H12FN3O. The number of halogens is 1. The molecule has 2 heterocycles. The van der Waals surface area contributed by atoms with Crippen LogP contribution >= 0.6 is 0 Å². The second-order valence-corrected chi connectivity index (χ2v) is 3.13. The van der Waals surface area contributed by atoms with Crippen molar-refractivity contribution < 1.29 is 9.13 Å². The Morgan fingerprint density at radius 1 is 1.43 bits per heavy atom. The first-order valence-electron chi connectivity index (χ1n) is 4.51. The van der Waals surface area contributed by atoms with Crippen molar-refractivity contribution >= 4 is 11.5 Å². The summed E-state index contributed by atoms with van der Waals surface area (Å²) >= 11 is 0. The average Bonchev–Trinajstić information content (AvgIpc) is 2.23. The van der Waals surface area contributed by atoms with E-state index in [1.165, 1.54) is 6.20 Å². The molecule has 0 atom stereocenters. The lowest BCUT2D eigenvalue weighted by atomic mass is 10.3. The topological polar surface area (TPSA) is 51.4 Å². The Bertz CT molecular complexity index is 326. The minimum atomic E-state index is -0.436. The normalized spacial score (nSPS) is 17.1. The minimum absolute atomic E-state index is 0.0472. The minimum Gasteiger partial charge on any atom is -0.381 e. The maximum atomic E-state index is 13.5. The number of pyridine rings is 1. The van der Waals surface area contributed by atoms with Crippen molar-refractivity contribution in [2.24, 2.45) is 0 Å². The number of morpholine rings is 1. The van der Waals surface area contributed by atoms with E-state index in [1.807, 2.05) is 4.90 Å². The Morgan fingerprint density at radius 3 is 2.86 bits per heavy atom. The number of aromatic nitrogens is 1. The molecule has 5 heteroatoms. The molecule has 0 saturated carbocycles. The van der Waals surface area contributed by atoms with Crippen molar-refractivity contribution in [2.45, 2.75) is 0 Å². The van der Waals surface area contributed by atoms with Gasteiger partial charge >= 0.3 is 0 Å². The molecule has 0 aromatic carbocycles. The maximum absolute atomic E-state index is 13.5. The molecular weight excluding hydrogens is 185 g/mol. The lowest BCUT2D eigenvalue weighted by Crippen LogP contribution is -2.36. The highest BCUT2D eigenvalue weighted by molar-refractivity contribution is 5.54. The van der Waals surface area contributed by atoms with Gasteiger partial charge < -0.3 is 15.4 Å². The third kappa shape index (κ3) is 1.63. The predicted octanol–water partition coefficient (Wildman–Crippen LogP) is 0.639. The summed E-state index contributed by atoms with van der Waals surface area (Å²) in [5.41, 5.74) is 5.90. The molecule has 0 radical (unpaired) electrons. The predicted molar refractivity (Wildman–Crippen MR) is 51.6 cm³/mol. The van der Waals surface area contributed by atoms with Gasteiger partial charge in [-0.2, -0.15) is 0 Å². The number of ether oxygens (including phenoxy) is 1. The third-order valence-corrected chi connectivity index (χ3v) is 2.25. The zero-order valence-corrected chi connectivity index (χ0v) is 7.74. The largest absolute Gasteiger partial charge is 0.381 e. The average molecular weight is 197 g/mol. The first-order valence-corrected chi connectivity index (χ1v) is 4.51. The summed E-state index contributed by atoms with van der Waals surface area (Å²) in [5.74, 6) is -0.483. The van der Waals surface area contributed by atoms with E-state index in [-0.39, 0.29) is 5.82 Å². The van der Waals surface area contributed by atoms with E-state index in [0.29, 0.717) is 32.0 Å². The first-order chi connectivity index (χ1) is 6.79. The van der Waals surface area contributed by atoms with Crippen LogP contribution in [-0.4, -0.2) is 31.3 Å². The van der Waals surface area contributed by atoms with Gasteiger partial charge in [0.1, 0.15) is 0 Å². The van der Waals surface area contributed by atoms with Crippen molar-refractivity contribution in [1.29, 1.82) is 0 Å². The molecule has 0 bridgehead atoms. The fourth-order valence-electron chi connectivity index (χ4n) is 1.50. The second kappa shape index (κ2) is 3.79. The first kappa shape index (κ1) is 9.21. The molecule has 1 fully saturated rings. The molecule has 1 aliphatic rings. The van der Waals surface area contributed by atoms with Gasteiger partial charge in [0.15, 0.2) is 11.6 Å². The van der Waals surface area contributed by atoms with Gasteiger partial charge in [0.05, 0.1) is 18.9 Å². The van der Waals surface area contributed by atoms with E-state index in [9.17, 15) is 4.39 Å². The quantitative estimate of drug-likeness (QED) is 0.717. The van der Waals surface area contributed by atoms with Crippen LogP contribution in [0.3, 0.4) is 0 Å². The van der Waals surface area contributed by atoms with Crippen molar-refractivity contribution in [2.75, 3.05) is 36.9 Å². The van der Waals surface area contributed by atoms with Crippen molar-refractivity contribution in [3.05, 3.63) is 18.1 Å². The molecule has 76 valence electrons. The summed E-state index contributed by atoms with van der Waals surface area (Å²) in [6.07, 6.45) is 1.52. The number of nitrogens with zero attached hydrogens (tertiary/aromatic N) is 2. The zero-order valence-electron chi connectivity index (χ0n) is 7.74. The number of hydrogen-bond donors (Lipinski definition) is 1. The van der Waals surface area contributed by atoms with Gasteiger partial charge in [0, 0.05) is 19.3 Å². The Labute approximate surface area is 81.5 Å². The van der Waals surface area contributed by atoms with E-state index in [4.69, 9.17) is 10.5 Å². The Hall–Kier alpha value is -1.36. The zero-order chi connectivity index (χ0) is 9.97. The summed E-state index contributed by atoms with van der Waals surface area (Å²) in [6.45, 7) is 2.64. The van der Waals surface area contributed by atoms with Crippen molar-refractivity contribution in [3.8, 4) is 0 Å². The summed E-state index contributed by atoms with van der Waals surface area (Å²) in [4.78, 5) is 5.59. The second-order valence-electron chi connectivity index (χ2n) is 3.13. The van der Waals surface area contributed by atoms with E-state index in [0.717, 1.165) is 0 Å². The molecule has 2 rings (SSSR count). The molecule has 0 unspecified atom stereocenters. The van der Waals surface area contributed by atoms with Crippen LogP contribution in [0.25, 0.3) is 0 Å². The van der Waals surface area contributed by atoms with Crippen LogP contribution in [0.15, 0.2) is 12.3 Å². The Kier molecular flexibility index (Phi) is 2.49. The number of hydrogen-bond acceptors (Lipinski definition) is 4. The highest BCUT2D eigenvalue weighted by atomic mass is 19.1. The molecule has 0 aliphatic carbocycles. The fourth-order valence-corrected chi connectivity index (χ4v) is 1.50. The summed E-state index contributed by atoms with van der Waals surface area (Å²) < 4.78 is 18.7. The van der Waals surface area contributed by atoms with Gasteiger partial charge in [0.2, 0.25) is 0 Å². The number of rotatable bonds is 1. The summed E-state index contributed by atoms with van der Waals surface area (Å²) in [5, 5.41) is 0. The van der Waals surface area contributed by atoms with Gasteiger partial charge in [0.25, 0.3) is 0 Å². The van der Waals surface area contributed by atoms with Crippen LogP contribution in [-0.2, 0) is 4.74 Å². The van der Waals surface area contributed by atoms with Gasteiger partial charge in [-0.15, -0.1) is 0 Å². The highest BCUT2D eigenvalue weighted by Gasteiger charge is 2.16. The summed E-state index contributed by atoms with van der Waals surface area (Å²) in [7, 11) is 0. The fraction of sp³-hybridized carbons (Fsp3) is 0.444. The monoisotopic (exact) mass is 197 g/mol.